The molecule has 0 radical (unpaired) electrons. The second-order valence-electron chi connectivity index (χ2n) is 5.51. The van der Waals surface area contributed by atoms with Gasteiger partial charge in [-0.25, -0.2) is 12.8 Å². The first-order valence-electron chi connectivity index (χ1n) is 7.62. The van der Waals surface area contributed by atoms with Crippen molar-refractivity contribution < 1.29 is 26.8 Å². The van der Waals surface area contributed by atoms with Crippen molar-refractivity contribution in [3.05, 3.63) is 47.7 Å². The minimum Gasteiger partial charge on any atom is -0.469 e. The molecule has 1 N–H and O–H groups in total. The van der Waals surface area contributed by atoms with Crippen LogP contribution in [0.15, 0.2) is 39.8 Å². The molecule has 1 saturated heterocycles. The predicted octanol–water partition coefficient (Wildman–Crippen LogP) is 2.00. The van der Waals surface area contributed by atoms with Crippen LogP contribution in [-0.4, -0.2) is 44.9 Å². The van der Waals surface area contributed by atoms with E-state index in [9.17, 15) is 17.6 Å². The molecule has 7 nitrogen and oxygen atoms in total. The fraction of sp³-hybridized carbons (Fsp3) is 0.312. The Balaban J connectivity index is 1.88. The van der Waals surface area contributed by atoms with Crippen LogP contribution in [0.2, 0.25) is 0 Å². The number of benzene rings is 1. The van der Waals surface area contributed by atoms with Crippen molar-refractivity contribution in [1.82, 2.24) is 4.31 Å². The van der Waals surface area contributed by atoms with E-state index in [-0.39, 0.29) is 32.0 Å². The number of aryl methyl sites for hydroxylation is 1. The SMILES string of the molecule is Cc1occc1C(=O)Nc1ccc(F)c(S(=O)(=O)N2CCOCC2)c1. The Kier molecular flexibility index (Phi) is 4.89. The summed E-state index contributed by atoms with van der Waals surface area (Å²) in [6.07, 6.45) is 1.38. The number of carbonyl (C=O) groups excluding carboxylic acids is 1. The molecule has 0 aliphatic carbocycles. The zero-order chi connectivity index (χ0) is 18.0. The van der Waals surface area contributed by atoms with Crippen LogP contribution in [0.3, 0.4) is 0 Å². The normalized spacial score (nSPS) is 15.9. The van der Waals surface area contributed by atoms with Crippen molar-refractivity contribution in [1.29, 1.82) is 0 Å². The van der Waals surface area contributed by atoms with E-state index >= 15 is 0 Å². The summed E-state index contributed by atoms with van der Waals surface area (Å²) < 4.78 is 50.7. The van der Waals surface area contributed by atoms with E-state index in [1.54, 1.807) is 6.92 Å². The molecule has 1 aromatic carbocycles. The number of furan rings is 1. The van der Waals surface area contributed by atoms with Gasteiger partial charge in [0.2, 0.25) is 10.0 Å². The molecule has 3 rings (SSSR count). The van der Waals surface area contributed by atoms with E-state index in [2.05, 4.69) is 5.32 Å². The predicted molar refractivity (Wildman–Crippen MR) is 87.4 cm³/mol. The van der Waals surface area contributed by atoms with E-state index in [0.29, 0.717) is 11.3 Å². The average molecular weight is 368 g/mol. The maximum Gasteiger partial charge on any atom is 0.259 e. The first-order valence-corrected chi connectivity index (χ1v) is 9.06. The number of nitrogens with zero attached hydrogens (tertiary/aromatic N) is 1. The van der Waals surface area contributed by atoms with Gasteiger partial charge in [-0.1, -0.05) is 0 Å². The molecule has 9 heteroatoms. The first-order chi connectivity index (χ1) is 11.9. The number of sulfonamides is 1. The molecule has 1 aromatic heterocycles. The number of halogens is 1. The van der Waals surface area contributed by atoms with Gasteiger partial charge < -0.3 is 14.5 Å². The lowest BCUT2D eigenvalue weighted by Crippen LogP contribution is -2.40. The summed E-state index contributed by atoms with van der Waals surface area (Å²) in [7, 11) is -4.00. The Hall–Kier alpha value is -2.23. The highest BCUT2D eigenvalue weighted by Gasteiger charge is 2.29. The van der Waals surface area contributed by atoms with Crippen LogP contribution in [0.1, 0.15) is 16.1 Å². The number of carbonyl (C=O) groups is 1. The number of amides is 1. The standard InChI is InChI=1S/C16H17FN2O5S/c1-11-13(4-7-24-11)16(20)18-12-2-3-14(17)15(10-12)25(21,22)19-5-8-23-9-6-19/h2-4,7,10H,5-6,8-9H2,1H3,(H,18,20). The third-order valence-electron chi connectivity index (χ3n) is 3.88. The van der Waals surface area contributed by atoms with Gasteiger partial charge in [-0.05, 0) is 31.2 Å². The van der Waals surface area contributed by atoms with Crippen LogP contribution >= 0.6 is 0 Å². The van der Waals surface area contributed by atoms with Crippen molar-refractivity contribution in [2.75, 3.05) is 31.6 Å². The molecule has 1 amide bonds. The summed E-state index contributed by atoms with van der Waals surface area (Å²) in [6.45, 7) is 2.47. The Labute approximate surface area is 144 Å². The van der Waals surface area contributed by atoms with Gasteiger partial charge in [0.15, 0.2) is 0 Å². The molecule has 0 spiro atoms. The van der Waals surface area contributed by atoms with Crippen molar-refractivity contribution in [3.8, 4) is 0 Å². The van der Waals surface area contributed by atoms with Gasteiger partial charge >= 0.3 is 0 Å². The number of morpholine rings is 1. The van der Waals surface area contributed by atoms with Crippen LogP contribution < -0.4 is 5.32 Å². The van der Waals surface area contributed by atoms with Crippen LogP contribution in [-0.2, 0) is 14.8 Å². The fourth-order valence-electron chi connectivity index (χ4n) is 2.52. The van der Waals surface area contributed by atoms with Crippen LogP contribution in [0.25, 0.3) is 0 Å². The molecule has 2 aromatic rings. The van der Waals surface area contributed by atoms with Crippen molar-refractivity contribution in [3.63, 3.8) is 0 Å². The van der Waals surface area contributed by atoms with E-state index in [0.717, 1.165) is 12.1 Å². The molecule has 134 valence electrons. The smallest absolute Gasteiger partial charge is 0.259 e. The van der Waals surface area contributed by atoms with Crippen molar-refractivity contribution in [2.24, 2.45) is 0 Å². The lowest BCUT2D eigenvalue weighted by Gasteiger charge is -2.26. The largest absolute Gasteiger partial charge is 0.469 e. The molecule has 0 bridgehead atoms. The van der Waals surface area contributed by atoms with Crippen LogP contribution in [0.4, 0.5) is 10.1 Å². The number of ether oxygens (including phenoxy) is 1. The minimum absolute atomic E-state index is 0.159. The van der Waals surface area contributed by atoms with Crippen LogP contribution in [0, 0.1) is 12.7 Å². The Bertz CT molecular complexity index is 888. The first kappa shape index (κ1) is 17.6. The third-order valence-corrected chi connectivity index (χ3v) is 5.79. The highest BCUT2D eigenvalue weighted by molar-refractivity contribution is 7.89. The number of hydrogen-bond donors (Lipinski definition) is 1. The molecule has 1 aliphatic heterocycles. The number of hydrogen-bond acceptors (Lipinski definition) is 5. The summed E-state index contributed by atoms with van der Waals surface area (Å²) in [5.41, 5.74) is 0.501. The Morgan fingerprint density at radius 2 is 1.96 bits per heavy atom. The Morgan fingerprint density at radius 1 is 1.24 bits per heavy atom. The zero-order valence-corrected chi connectivity index (χ0v) is 14.3. The maximum atomic E-state index is 14.1. The van der Waals surface area contributed by atoms with Gasteiger partial charge in [0.1, 0.15) is 16.5 Å². The van der Waals surface area contributed by atoms with Gasteiger partial charge in [-0.3, -0.25) is 4.79 Å². The highest BCUT2D eigenvalue weighted by atomic mass is 32.2. The number of anilines is 1. The molecule has 0 saturated carbocycles. The van der Waals surface area contributed by atoms with E-state index < -0.39 is 26.6 Å². The lowest BCUT2D eigenvalue weighted by molar-refractivity contribution is 0.0729. The van der Waals surface area contributed by atoms with Gasteiger partial charge in [0.25, 0.3) is 5.91 Å². The number of rotatable bonds is 4. The van der Waals surface area contributed by atoms with Gasteiger partial charge in [-0.15, -0.1) is 0 Å². The van der Waals surface area contributed by atoms with Crippen molar-refractivity contribution >= 4 is 21.6 Å². The summed E-state index contributed by atoms with van der Waals surface area (Å²) in [6, 6.07) is 4.94. The lowest BCUT2D eigenvalue weighted by atomic mass is 10.2. The maximum absolute atomic E-state index is 14.1. The molecular formula is C16H17FN2O5S. The summed E-state index contributed by atoms with van der Waals surface area (Å²) >= 11 is 0. The van der Waals surface area contributed by atoms with Crippen molar-refractivity contribution in [2.45, 2.75) is 11.8 Å². The number of nitrogens with one attached hydrogen (secondary N) is 1. The molecule has 0 atom stereocenters. The average Bonchev–Trinajstić information content (AvgIpc) is 3.03. The molecule has 1 fully saturated rings. The highest BCUT2D eigenvalue weighted by Crippen LogP contribution is 2.24. The van der Waals surface area contributed by atoms with E-state index in [4.69, 9.17) is 9.15 Å². The third kappa shape index (κ3) is 3.58. The molecule has 0 unspecified atom stereocenters. The van der Waals surface area contributed by atoms with E-state index in [1.165, 1.54) is 22.7 Å². The fourth-order valence-corrected chi connectivity index (χ4v) is 4.02. The second kappa shape index (κ2) is 6.95. The van der Waals surface area contributed by atoms with Crippen LogP contribution in [0.5, 0.6) is 0 Å². The summed E-state index contributed by atoms with van der Waals surface area (Å²) in [5, 5.41) is 2.55. The quantitative estimate of drug-likeness (QED) is 0.892. The summed E-state index contributed by atoms with van der Waals surface area (Å²) in [4.78, 5) is 11.7. The molecule has 25 heavy (non-hydrogen) atoms. The molecular weight excluding hydrogens is 351 g/mol. The van der Waals surface area contributed by atoms with Gasteiger partial charge in [0, 0.05) is 18.8 Å². The van der Waals surface area contributed by atoms with Gasteiger partial charge in [0.05, 0.1) is 25.0 Å². The molecule has 1 aliphatic rings. The monoisotopic (exact) mass is 368 g/mol. The topological polar surface area (TPSA) is 88.8 Å². The Morgan fingerprint density at radius 3 is 2.60 bits per heavy atom. The zero-order valence-electron chi connectivity index (χ0n) is 13.5. The molecule has 2 heterocycles. The second-order valence-corrected chi connectivity index (χ2v) is 7.41. The summed E-state index contributed by atoms with van der Waals surface area (Å²) in [5.74, 6) is -0.905. The van der Waals surface area contributed by atoms with Gasteiger partial charge in [-0.2, -0.15) is 4.31 Å². The van der Waals surface area contributed by atoms with E-state index in [1.807, 2.05) is 0 Å². The minimum atomic E-state index is -4.00.